The molecule has 1 N–H and O–H groups in total. The number of alkyl halides is 4. The molecule has 0 amide bonds. The zero-order chi connectivity index (χ0) is 13.9. The molecule has 0 unspecified atom stereocenters. The van der Waals surface area contributed by atoms with Crippen LogP contribution in [0.2, 0.25) is 0 Å². The Bertz CT molecular complexity index is 456. The molecule has 1 aromatic carbocycles. The summed E-state index contributed by atoms with van der Waals surface area (Å²) in [5.41, 5.74) is -0.0629. The number of non-ortho nitro benzene ring substituents is 1. The molecule has 0 aliphatic rings. The molecule has 0 saturated heterocycles. The number of nitrogens with one attached hydrogen (secondary N) is 1. The summed E-state index contributed by atoms with van der Waals surface area (Å²) in [4.78, 5) is 9.79. The van der Waals surface area contributed by atoms with Crippen molar-refractivity contribution in [2.24, 2.45) is 0 Å². The molecule has 0 atom stereocenters. The van der Waals surface area contributed by atoms with E-state index in [0.717, 1.165) is 12.1 Å². The molecular formula is C9H7F4IN2O2. The lowest BCUT2D eigenvalue weighted by Crippen LogP contribution is -2.34. The van der Waals surface area contributed by atoms with Crippen LogP contribution in [0, 0.1) is 13.7 Å². The summed E-state index contributed by atoms with van der Waals surface area (Å²) in [6.07, 6.45) is -3.76. The molecule has 1 rings (SSSR count). The first-order valence-corrected chi connectivity index (χ1v) is 5.65. The van der Waals surface area contributed by atoms with Gasteiger partial charge < -0.3 is 5.32 Å². The molecule has 18 heavy (non-hydrogen) atoms. The van der Waals surface area contributed by atoms with Crippen LogP contribution in [-0.4, -0.2) is 23.8 Å². The summed E-state index contributed by atoms with van der Waals surface area (Å²) in [6.45, 7) is -1.24. The SMILES string of the molecule is O=[N+]([O-])c1ccc(NCC(F)(F)C(F)F)c(I)c1. The van der Waals surface area contributed by atoms with Crippen LogP contribution in [0.15, 0.2) is 18.2 Å². The summed E-state index contributed by atoms with van der Waals surface area (Å²) >= 11 is 1.69. The van der Waals surface area contributed by atoms with Gasteiger partial charge in [-0.3, -0.25) is 10.1 Å². The van der Waals surface area contributed by atoms with Crippen LogP contribution in [0.1, 0.15) is 0 Å². The van der Waals surface area contributed by atoms with Gasteiger partial charge in [0.15, 0.2) is 0 Å². The van der Waals surface area contributed by atoms with Gasteiger partial charge >= 0.3 is 12.3 Å². The van der Waals surface area contributed by atoms with Crippen LogP contribution in [0.3, 0.4) is 0 Å². The van der Waals surface area contributed by atoms with Crippen molar-refractivity contribution in [1.29, 1.82) is 0 Å². The fraction of sp³-hybridized carbons (Fsp3) is 0.333. The Morgan fingerprint density at radius 1 is 1.44 bits per heavy atom. The van der Waals surface area contributed by atoms with Crippen LogP contribution < -0.4 is 5.32 Å². The number of rotatable bonds is 5. The molecule has 4 nitrogen and oxygen atoms in total. The van der Waals surface area contributed by atoms with Crippen molar-refractivity contribution in [3.8, 4) is 0 Å². The molecule has 0 radical (unpaired) electrons. The second kappa shape index (κ2) is 5.67. The van der Waals surface area contributed by atoms with Crippen molar-refractivity contribution in [3.63, 3.8) is 0 Å². The molecule has 0 fully saturated rings. The summed E-state index contributed by atoms with van der Waals surface area (Å²) in [5, 5.41) is 12.6. The van der Waals surface area contributed by atoms with Crippen LogP contribution in [0.5, 0.6) is 0 Å². The number of hydrogen-bond donors (Lipinski definition) is 1. The first-order valence-electron chi connectivity index (χ1n) is 4.58. The predicted octanol–water partition coefficient (Wildman–Crippen LogP) is 3.51. The Morgan fingerprint density at radius 2 is 2.06 bits per heavy atom. The van der Waals surface area contributed by atoms with Crippen molar-refractivity contribution in [1.82, 2.24) is 0 Å². The average molecular weight is 378 g/mol. The van der Waals surface area contributed by atoms with Crippen LogP contribution in [0.4, 0.5) is 28.9 Å². The fourth-order valence-electron chi connectivity index (χ4n) is 1.05. The van der Waals surface area contributed by atoms with E-state index in [1.165, 1.54) is 6.07 Å². The first-order chi connectivity index (χ1) is 8.24. The van der Waals surface area contributed by atoms with Crippen LogP contribution in [-0.2, 0) is 0 Å². The monoisotopic (exact) mass is 378 g/mol. The van der Waals surface area contributed by atoms with Gasteiger partial charge in [0.1, 0.15) is 0 Å². The highest BCUT2D eigenvalue weighted by atomic mass is 127. The molecule has 0 aliphatic carbocycles. The maximum atomic E-state index is 12.6. The van der Waals surface area contributed by atoms with Crippen molar-refractivity contribution in [3.05, 3.63) is 31.9 Å². The highest BCUT2D eigenvalue weighted by Gasteiger charge is 2.40. The molecule has 0 aliphatic heterocycles. The Balaban J connectivity index is 2.78. The van der Waals surface area contributed by atoms with Gasteiger partial charge in [-0.15, -0.1) is 0 Å². The van der Waals surface area contributed by atoms with Gasteiger partial charge in [0, 0.05) is 21.4 Å². The predicted molar refractivity (Wildman–Crippen MR) is 65.3 cm³/mol. The highest BCUT2D eigenvalue weighted by molar-refractivity contribution is 14.1. The lowest BCUT2D eigenvalue weighted by atomic mass is 10.2. The molecule has 0 spiro atoms. The van der Waals surface area contributed by atoms with Crippen molar-refractivity contribution in [2.45, 2.75) is 12.3 Å². The van der Waals surface area contributed by atoms with Crippen LogP contribution >= 0.6 is 22.6 Å². The summed E-state index contributed by atoms with van der Waals surface area (Å²) < 4.78 is 49.4. The lowest BCUT2D eigenvalue weighted by Gasteiger charge is -2.17. The largest absolute Gasteiger partial charge is 0.378 e. The number of nitro groups is 1. The Morgan fingerprint density at radius 3 is 2.50 bits per heavy atom. The van der Waals surface area contributed by atoms with Gasteiger partial charge in [0.2, 0.25) is 0 Å². The average Bonchev–Trinajstić information content (AvgIpc) is 2.26. The van der Waals surface area contributed by atoms with Crippen molar-refractivity contribution < 1.29 is 22.5 Å². The standard InChI is InChI=1S/C9H7F4IN2O2/c10-8(11)9(12,13)4-15-7-2-1-5(16(17)18)3-6(7)14/h1-3,8,15H,4H2. The number of benzene rings is 1. The number of nitro benzene ring substituents is 1. The Hall–Kier alpha value is -1.13. The second-order valence-corrected chi connectivity index (χ2v) is 4.50. The van der Waals surface area contributed by atoms with Crippen molar-refractivity contribution in [2.75, 3.05) is 11.9 Å². The first kappa shape index (κ1) is 14.9. The van der Waals surface area contributed by atoms with Gasteiger partial charge in [-0.1, -0.05) is 0 Å². The minimum atomic E-state index is -4.15. The van der Waals surface area contributed by atoms with Crippen molar-refractivity contribution >= 4 is 34.0 Å². The molecule has 100 valence electrons. The Kier molecular flexibility index (Phi) is 4.71. The van der Waals surface area contributed by atoms with E-state index in [4.69, 9.17) is 0 Å². The molecular weight excluding hydrogens is 371 g/mol. The smallest absolute Gasteiger partial charge is 0.324 e. The van der Waals surface area contributed by atoms with E-state index in [1.54, 1.807) is 22.6 Å². The zero-order valence-electron chi connectivity index (χ0n) is 8.67. The quantitative estimate of drug-likeness (QED) is 0.369. The van der Waals surface area contributed by atoms with E-state index in [9.17, 15) is 27.7 Å². The highest BCUT2D eigenvalue weighted by Crippen LogP contribution is 2.27. The van der Waals surface area contributed by atoms with Gasteiger partial charge in [-0.25, -0.2) is 8.78 Å². The number of nitrogens with zero attached hydrogens (tertiary/aromatic N) is 1. The topological polar surface area (TPSA) is 55.2 Å². The summed E-state index contributed by atoms with van der Waals surface area (Å²) in [5.74, 6) is -4.15. The van der Waals surface area contributed by atoms with Gasteiger partial charge in [0.25, 0.3) is 5.69 Å². The third-order valence-corrected chi connectivity index (χ3v) is 2.89. The third kappa shape index (κ3) is 3.68. The van der Waals surface area contributed by atoms with Gasteiger partial charge in [-0.2, -0.15) is 8.78 Å². The van der Waals surface area contributed by atoms with E-state index in [-0.39, 0.29) is 11.4 Å². The normalized spacial score (nSPS) is 11.7. The minimum absolute atomic E-state index is 0.140. The Labute approximate surface area is 113 Å². The van der Waals surface area contributed by atoms with E-state index >= 15 is 0 Å². The maximum absolute atomic E-state index is 12.6. The van der Waals surface area contributed by atoms with E-state index in [0.29, 0.717) is 3.57 Å². The van der Waals surface area contributed by atoms with Gasteiger partial charge in [0.05, 0.1) is 11.5 Å². The zero-order valence-corrected chi connectivity index (χ0v) is 10.8. The summed E-state index contributed by atoms with van der Waals surface area (Å²) in [7, 11) is 0. The fourth-order valence-corrected chi connectivity index (χ4v) is 1.74. The lowest BCUT2D eigenvalue weighted by molar-refractivity contribution is -0.384. The summed E-state index contributed by atoms with van der Waals surface area (Å²) in [6, 6.07) is 3.45. The molecule has 1 aromatic rings. The maximum Gasteiger partial charge on any atom is 0.324 e. The molecule has 0 saturated carbocycles. The van der Waals surface area contributed by atoms with Crippen LogP contribution in [0.25, 0.3) is 0 Å². The molecule has 0 aromatic heterocycles. The molecule has 9 heteroatoms. The van der Waals surface area contributed by atoms with E-state index in [2.05, 4.69) is 5.32 Å². The second-order valence-electron chi connectivity index (χ2n) is 3.34. The number of anilines is 1. The minimum Gasteiger partial charge on any atom is -0.378 e. The molecule has 0 heterocycles. The number of halogens is 5. The van der Waals surface area contributed by atoms with Gasteiger partial charge in [-0.05, 0) is 28.7 Å². The van der Waals surface area contributed by atoms with E-state index < -0.39 is 23.8 Å². The number of hydrogen-bond acceptors (Lipinski definition) is 3. The third-order valence-electron chi connectivity index (χ3n) is 2.00. The molecule has 0 bridgehead atoms. The van der Waals surface area contributed by atoms with E-state index in [1.807, 2.05) is 0 Å².